The van der Waals surface area contributed by atoms with Crippen LogP contribution in [0.25, 0.3) is 0 Å². The number of amidine groups is 1. The van der Waals surface area contributed by atoms with Gasteiger partial charge in [-0.2, -0.15) is 0 Å². The smallest absolute Gasteiger partial charge is 0.277 e. The van der Waals surface area contributed by atoms with Gasteiger partial charge in [0.2, 0.25) is 0 Å². The van der Waals surface area contributed by atoms with E-state index in [2.05, 4.69) is 20.2 Å². The Bertz CT molecular complexity index is 620. The zero-order chi connectivity index (χ0) is 13.8. The average molecular weight is 260 g/mol. The maximum absolute atomic E-state index is 11.9. The molecule has 98 valence electrons. The summed E-state index contributed by atoms with van der Waals surface area (Å²) in [5.41, 5.74) is 7.42. The van der Waals surface area contributed by atoms with E-state index in [1.807, 2.05) is 0 Å². The van der Waals surface area contributed by atoms with Crippen LogP contribution in [0.5, 0.6) is 0 Å². The molecule has 0 saturated carbocycles. The Morgan fingerprint density at radius 2 is 2.26 bits per heavy atom. The first-order valence-corrected chi connectivity index (χ1v) is 5.42. The van der Waals surface area contributed by atoms with Gasteiger partial charge in [0.25, 0.3) is 5.91 Å². The molecule has 1 amide bonds. The van der Waals surface area contributed by atoms with Crippen molar-refractivity contribution in [3.8, 4) is 0 Å². The number of nitrogens with two attached hydrogens (primary N) is 1. The maximum Gasteiger partial charge on any atom is 0.277 e. The van der Waals surface area contributed by atoms with Crippen molar-refractivity contribution in [2.75, 3.05) is 5.32 Å². The molecule has 0 aliphatic heterocycles. The highest BCUT2D eigenvalue weighted by Gasteiger charge is 2.15. The van der Waals surface area contributed by atoms with Crippen LogP contribution in [0.15, 0.2) is 40.2 Å². The second-order valence-electron chi connectivity index (χ2n) is 3.82. The van der Waals surface area contributed by atoms with Crippen LogP contribution in [0.2, 0.25) is 0 Å². The van der Waals surface area contributed by atoms with E-state index in [1.54, 1.807) is 25.1 Å². The number of carbonyl (C=O) groups excluding carboxylic acids is 1. The van der Waals surface area contributed by atoms with Gasteiger partial charge in [-0.25, -0.2) is 0 Å². The van der Waals surface area contributed by atoms with Crippen LogP contribution in [0.3, 0.4) is 0 Å². The topological polar surface area (TPSA) is 114 Å². The number of carbonyl (C=O) groups is 1. The number of nitrogens with zero attached hydrogens (tertiary/aromatic N) is 2. The predicted octanol–water partition coefficient (Wildman–Crippen LogP) is 1.33. The van der Waals surface area contributed by atoms with Crippen LogP contribution in [0.1, 0.15) is 21.6 Å². The van der Waals surface area contributed by atoms with Crippen LogP contribution in [0, 0.1) is 6.92 Å². The molecular weight excluding hydrogens is 248 g/mol. The van der Waals surface area contributed by atoms with E-state index in [9.17, 15) is 4.79 Å². The first-order valence-electron chi connectivity index (χ1n) is 5.42. The van der Waals surface area contributed by atoms with Crippen molar-refractivity contribution in [2.24, 2.45) is 10.9 Å². The fourth-order valence-electron chi connectivity index (χ4n) is 1.68. The monoisotopic (exact) mass is 260 g/mol. The highest BCUT2D eigenvalue weighted by atomic mass is 16.5. The highest BCUT2D eigenvalue weighted by molar-refractivity contribution is 6.09. The summed E-state index contributed by atoms with van der Waals surface area (Å²) in [4.78, 5) is 11.9. The third-order valence-corrected chi connectivity index (χ3v) is 2.56. The molecule has 1 heterocycles. The summed E-state index contributed by atoms with van der Waals surface area (Å²) in [5, 5.41) is 17.9. The zero-order valence-corrected chi connectivity index (χ0v) is 10.1. The summed E-state index contributed by atoms with van der Waals surface area (Å²) in [6.07, 6.45) is 1.30. The number of nitrogens with one attached hydrogen (secondary N) is 1. The van der Waals surface area contributed by atoms with Crippen LogP contribution in [-0.2, 0) is 0 Å². The van der Waals surface area contributed by atoms with Gasteiger partial charge in [0.05, 0.1) is 5.69 Å². The number of aryl methyl sites for hydroxylation is 1. The molecule has 0 aliphatic carbocycles. The Hall–Kier alpha value is -2.83. The van der Waals surface area contributed by atoms with Crippen molar-refractivity contribution in [2.45, 2.75) is 6.92 Å². The van der Waals surface area contributed by atoms with Gasteiger partial charge in [-0.05, 0) is 18.6 Å². The number of hydrogen-bond acceptors (Lipinski definition) is 5. The minimum atomic E-state index is -0.439. The van der Waals surface area contributed by atoms with Gasteiger partial charge in [0.1, 0.15) is 6.26 Å². The Labute approximate surface area is 108 Å². The van der Waals surface area contributed by atoms with E-state index in [1.165, 1.54) is 12.3 Å². The van der Waals surface area contributed by atoms with Gasteiger partial charge in [-0.1, -0.05) is 22.4 Å². The maximum atomic E-state index is 11.9. The molecule has 1 aromatic carbocycles. The Morgan fingerprint density at radius 1 is 1.47 bits per heavy atom. The Morgan fingerprint density at radius 3 is 2.89 bits per heavy atom. The molecule has 0 spiro atoms. The molecule has 1 aromatic heterocycles. The number of aromatic nitrogens is 1. The van der Waals surface area contributed by atoms with E-state index in [4.69, 9.17) is 10.9 Å². The zero-order valence-electron chi connectivity index (χ0n) is 10.1. The van der Waals surface area contributed by atoms with Crippen molar-refractivity contribution >= 4 is 17.4 Å². The van der Waals surface area contributed by atoms with Gasteiger partial charge < -0.3 is 20.8 Å². The van der Waals surface area contributed by atoms with Crippen molar-refractivity contribution < 1.29 is 14.5 Å². The van der Waals surface area contributed by atoms with E-state index in [0.717, 1.165) is 5.56 Å². The molecule has 4 N–H and O–H groups in total. The largest absolute Gasteiger partial charge is 0.409 e. The molecule has 7 heteroatoms. The van der Waals surface area contributed by atoms with Gasteiger partial charge in [0, 0.05) is 11.6 Å². The molecule has 7 nitrogen and oxygen atoms in total. The summed E-state index contributed by atoms with van der Waals surface area (Å²) in [7, 11) is 0. The van der Waals surface area contributed by atoms with Gasteiger partial charge in [0.15, 0.2) is 11.5 Å². The highest BCUT2D eigenvalue weighted by Crippen LogP contribution is 2.20. The summed E-state index contributed by atoms with van der Waals surface area (Å²) in [5.74, 6) is -0.514. The number of oxime groups is 1. The van der Waals surface area contributed by atoms with E-state index in [0.29, 0.717) is 11.3 Å². The molecular formula is C12H12N4O3. The molecule has 0 aliphatic rings. The minimum Gasteiger partial charge on any atom is -0.409 e. The molecule has 0 atom stereocenters. The first kappa shape index (κ1) is 12.6. The number of benzene rings is 1. The molecule has 19 heavy (non-hydrogen) atoms. The summed E-state index contributed by atoms with van der Waals surface area (Å²) in [6.45, 7) is 1.79. The Kier molecular flexibility index (Phi) is 3.46. The van der Waals surface area contributed by atoms with E-state index in [-0.39, 0.29) is 11.5 Å². The average Bonchev–Trinajstić information content (AvgIpc) is 2.92. The standard InChI is InChI=1S/C12H12N4O3/c1-7-3-2-4-8(10(7)11(13)15-18)14-12(17)9-5-6-19-16-9/h2-6,18H,1H3,(H2,13,15)(H,14,17). The molecule has 0 fully saturated rings. The first-order chi connectivity index (χ1) is 9.13. The van der Waals surface area contributed by atoms with Crippen LogP contribution in [-0.4, -0.2) is 22.1 Å². The SMILES string of the molecule is Cc1cccc(NC(=O)c2ccon2)c1/C(N)=N/O. The van der Waals surface area contributed by atoms with Gasteiger partial charge in [-0.3, -0.25) is 4.79 Å². The fraction of sp³-hybridized carbons (Fsp3) is 0.0833. The third kappa shape index (κ3) is 2.54. The molecule has 2 rings (SSSR count). The van der Waals surface area contributed by atoms with E-state index >= 15 is 0 Å². The molecule has 0 bridgehead atoms. The van der Waals surface area contributed by atoms with Crippen molar-refractivity contribution in [3.05, 3.63) is 47.3 Å². The Balaban J connectivity index is 2.36. The lowest BCUT2D eigenvalue weighted by Gasteiger charge is -2.11. The quantitative estimate of drug-likeness (QED) is 0.333. The van der Waals surface area contributed by atoms with E-state index < -0.39 is 5.91 Å². The molecule has 2 aromatic rings. The lowest BCUT2D eigenvalue weighted by atomic mass is 10.1. The second-order valence-corrected chi connectivity index (χ2v) is 3.82. The van der Waals surface area contributed by atoms with Crippen LogP contribution >= 0.6 is 0 Å². The number of rotatable bonds is 3. The summed E-state index contributed by atoms with van der Waals surface area (Å²) < 4.78 is 4.60. The van der Waals surface area contributed by atoms with Crippen molar-refractivity contribution in [3.63, 3.8) is 0 Å². The van der Waals surface area contributed by atoms with Crippen molar-refractivity contribution in [1.82, 2.24) is 5.16 Å². The van der Waals surface area contributed by atoms with Gasteiger partial charge >= 0.3 is 0 Å². The predicted molar refractivity (Wildman–Crippen MR) is 68.1 cm³/mol. The summed E-state index contributed by atoms with van der Waals surface area (Å²) >= 11 is 0. The van der Waals surface area contributed by atoms with Crippen LogP contribution in [0.4, 0.5) is 5.69 Å². The molecule has 0 saturated heterocycles. The summed E-state index contributed by atoms with van der Waals surface area (Å²) in [6, 6.07) is 6.63. The number of hydrogen-bond donors (Lipinski definition) is 3. The van der Waals surface area contributed by atoms with Gasteiger partial charge in [-0.15, -0.1) is 0 Å². The molecule has 0 radical (unpaired) electrons. The molecule has 0 unspecified atom stereocenters. The lowest BCUT2D eigenvalue weighted by Crippen LogP contribution is -2.20. The normalized spacial score (nSPS) is 11.3. The second kappa shape index (κ2) is 5.21. The third-order valence-electron chi connectivity index (χ3n) is 2.56. The number of anilines is 1. The minimum absolute atomic E-state index is 0.0754. The van der Waals surface area contributed by atoms with Crippen molar-refractivity contribution in [1.29, 1.82) is 0 Å². The fourth-order valence-corrected chi connectivity index (χ4v) is 1.68. The van der Waals surface area contributed by atoms with Crippen LogP contribution < -0.4 is 11.1 Å². The number of amides is 1. The lowest BCUT2D eigenvalue weighted by molar-refractivity contribution is 0.101.